The average molecular weight is 445 g/mol. The van der Waals surface area contributed by atoms with E-state index in [2.05, 4.69) is 55.4 Å². The Hall–Kier alpha value is -0.0800. The van der Waals surface area contributed by atoms with E-state index in [-0.39, 0.29) is 27.8 Å². The average Bonchev–Trinajstić information content (AvgIpc) is 2.69. The van der Waals surface area contributed by atoms with Gasteiger partial charge in [-0.05, 0) is 110 Å². The second-order valence-corrected chi connectivity index (χ2v) is 15.8. The molecular weight excluding hydrogens is 392 g/mol. The molecule has 2 N–H and O–H groups in total. The lowest BCUT2D eigenvalue weighted by atomic mass is 9.31. The Labute approximate surface area is 198 Å². The van der Waals surface area contributed by atoms with Gasteiger partial charge >= 0.3 is 0 Å². The predicted octanol–water partition coefficient (Wildman–Crippen LogP) is 7.36. The molecule has 5 aliphatic carbocycles. The zero-order chi connectivity index (χ0) is 23.6. The van der Waals surface area contributed by atoms with E-state index >= 15 is 0 Å². The van der Waals surface area contributed by atoms with Crippen molar-refractivity contribution in [3.8, 4) is 0 Å². The first-order valence-electron chi connectivity index (χ1n) is 14.0. The van der Waals surface area contributed by atoms with Gasteiger partial charge in [0.1, 0.15) is 0 Å². The summed E-state index contributed by atoms with van der Waals surface area (Å²) in [6, 6.07) is 0. The van der Waals surface area contributed by atoms with Gasteiger partial charge in [0.05, 0.1) is 11.7 Å². The number of aliphatic hydroxyl groups is 2. The number of hydrogen-bond donors (Lipinski definition) is 2. The lowest BCUT2D eigenvalue weighted by Crippen LogP contribution is -2.74. The highest BCUT2D eigenvalue weighted by Crippen LogP contribution is 2.77. The molecule has 2 nitrogen and oxygen atoms in total. The van der Waals surface area contributed by atoms with Crippen molar-refractivity contribution in [1.82, 2.24) is 0 Å². The Morgan fingerprint density at radius 2 is 1.16 bits per heavy atom. The summed E-state index contributed by atoms with van der Waals surface area (Å²) in [6.45, 7) is 19.7. The highest BCUT2D eigenvalue weighted by Gasteiger charge is 2.74. The normalized spacial score (nSPS) is 58.7. The third-order valence-electron chi connectivity index (χ3n) is 13.7. The summed E-state index contributed by atoms with van der Waals surface area (Å²) in [5, 5.41) is 23.9. The fraction of sp³-hybridized carbons (Fsp3) is 1.00. The SMILES string of the molecule is CC1(C)CC[C@]2(C)CC[C@@]3(O)[C@](C)(CC[C@H]4[C@@]5(C)CC[C@H](O)C(C)(C)[C@H]5CC[C@]43C)[C@@H]2C1. The maximum absolute atomic E-state index is 13.0. The van der Waals surface area contributed by atoms with E-state index in [0.29, 0.717) is 28.6 Å². The fourth-order valence-corrected chi connectivity index (χ4v) is 11.5. The summed E-state index contributed by atoms with van der Waals surface area (Å²) in [6.07, 6.45) is 12.8. The highest BCUT2D eigenvalue weighted by atomic mass is 16.3. The molecular formula is C30H52O2. The number of aliphatic hydroxyl groups excluding tert-OH is 1. The summed E-state index contributed by atoms with van der Waals surface area (Å²) < 4.78 is 0. The number of rotatable bonds is 0. The summed E-state index contributed by atoms with van der Waals surface area (Å²) in [5.41, 5.74) is 0.473. The van der Waals surface area contributed by atoms with Gasteiger partial charge in [0, 0.05) is 10.8 Å². The van der Waals surface area contributed by atoms with Crippen molar-refractivity contribution < 1.29 is 10.2 Å². The van der Waals surface area contributed by atoms with Crippen LogP contribution in [0.15, 0.2) is 0 Å². The highest BCUT2D eigenvalue weighted by molar-refractivity contribution is 5.23. The fourth-order valence-electron chi connectivity index (χ4n) is 11.5. The first kappa shape index (κ1) is 23.7. The van der Waals surface area contributed by atoms with E-state index in [9.17, 15) is 10.2 Å². The Morgan fingerprint density at radius 3 is 1.81 bits per heavy atom. The van der Waals surface area contributed by atoms with Crippen LogP contribution < -0.4 is 0 Å². The second kappa shape index (κ2) is 6.57. The van der Waals surface area contributed by atoms with Crippen LogP contribution in [0.25, 0.3) is 0 Å². The van der Waals surface area contributed by atoms with E-state index in [4.69, 9.17) is 0 Å². The van der Waals surface area contributed by atoms with Gasteiger partial charge in [-0.3, -0.25) is 0 Å². The predicted molar refractivity (Wildman–Crippen MR) is 132 cm³/mol. The molecule has 0 heterocycles. The van der Waals surface area contributed by atoms with E-state index in [0.717, 1.165) is 25.7 Å². The molecule has 0 amide bonds. The summed E-state index contributed by atoms with van der Waals surface area (Å²) in [4.78, 5) is 0. The van der Waals surface area contributed by atoms with Crippen LogP contribution in [0.3, 0.4) is 0 Å². The third kappa shape index (κ3) is 2.66. The van der Waals surface area contributed by atoms with Gasteiger partial charge in [0.15, 0.2) is 0 Å². The maximum Gasteiger partial charge on any atom is 0.0760 e. The van der Waals surface area contributed by atoms with Crippen LogP contribution >= 0.6 is 0 Å². The molecule has 0 aliphatic heterocycles. The van der Waals surface area contributed by atoms with Crippen LogP contribution in [0.4, 0.5) is 0 Å². The Bertz CT molecular complexity index is 786. The molecule has 0 aromatic carbocycles. The second-order valence-electron chi connectivity index (χ2n) is 15.8. The lowest BCUT2D eigenvalue weighted by molar-refractivity contribution is -0.318. The minimum absolute atomic E-state index is 0.00740. The number of fused-ring (bicyclic) bond motifs is 7. The Kier molecular flexibility index (Phi) is 4.85. The molecule has 0 spiro atoms. The molecule has 0 unspecified atom stereocenters. The van der Waals surface area contributed by atoms with Crippen LogP contribution in [0.5, 0.6) is 0 Å². The summed E-state index contributed by atoms with van der Waals surface area (Å²) in [7, 11) is 0. The van der Waals surface area contributed by atoms with E-state index in [1.165, 1.54) is 44.9 Å². The van der Waals surface area contributed by atoms with Crippen LogP contribution in [0.1, 0.15) is 126 Å². The molecule has 0 aromatic rings. The molecule has 0 bridgehead atoms. The molecule has 9 atom stereocenters. The molecule has 5 aliphatic rings. The van der Waals surface area contributed by atoms with Crippen molar-refractivity contribution in [3.05, 3.63) is 0 Å². The van der Waals surface area contributed by atoms with Crippen LogP contribution in [0, 0.1) is 50.2 Å². The standard InChI is InChI=1S/C30H52O2/c1-24(2)15-16-26(5)17-18-30(32)28(7)13-9-20-25(3,4)23(31)11-12-27(20,6)21(28)10-14-29(30,8)22(26)19-24/h20-23,31-32H,9-19H2,1-8H3/t20-,21+,22-,23+,26-,27+,28-,29-,30+/m1/s1. The topological polar surface area (TPSA) is 40.5 Å². The molecule has 184 valence electrons. The van der Waals surface area contributed by atoms with Crippen molar-refractivity contribution in [2.75, 3.05) is 0 Å². The molecule has 0 saturated heterocycles. The molecule has 32 heavy (non-hydrogen) atoms. The van der Waals surface area contributed by atoms with Crippen molar-refractivity contribution in [1.29, 1.82) is 0 Å². The summed E-state index contributed by atoms with van der Waals surface area (Å²) >= 11 is 0. The minimum atomic E-state index is -0.561. The van der Waals surface area contributed by atoms with Crippen LogP contribution in [0.2, 0.25) is 0 Å². The smallest absolute Gasteiger partial charge is 0.0760 e. The van der Waals surface area contributed by atoms with Crippen molar-refractivity contribution >= 4 is 0 Å². The zero-order valence-corrected chi connectivity index (χ0v) is 22.5. The van der Waals surface area contributed by atoms with Gasteiger partial charge in [-0.15, -0.1) is 0 Å². The van der Waals surface area contributed by atoms with Crippen molar-refractivity contribution in [2.24, 2.45) is 50.2 Å². The van der Waals surface area contributed by atoms with Crippen molar-refractivity contribution in [3.63, 3.8) is 0 Å². The maximum atomic E-state index is 13.0. The Balaban J connectivity index is 1.57. The first-order chi connectivity index (χ1) is 14.6. The molecule has 2 heteroatoms. The van der Waals surface area contributed by atoms with E-state index in [1.807, 2.05) is 0 Å². The van der Waals surface area contributed by atoms with Crippen LogP contribution in [-0.2, 0) is 0 Å². The first-order valence-corrected chi connectivity index (χ1v) is 14.0. The van der Waals surface area contributed by atoms with E-state index < -0.39 is 5.60 Å². The van der Waals surface area contributed by atoms with Gasteiger partial charge in [-0.1, -0.05) is 55.4 Å². The van der Waals surface area contributed by atoms with Gasteiger partial charge in [0.2, 0.25) is 0 Å². The number of hydrogen-bond acceptors (Lipinski definition) is 2. The van der Waals surface area contributed by atoms with Gasteiger partial charge in [0.25, 0.3) is 0 Å². The van der Waals surface area contributed by atoms with Gasteiger partial charge in [-0.2, -0.15) is 0 Å². The molecule has 0 radical (unpaired) electrons. The lowest BCUT2D eigenvalue weighted by Gasteiger charge is -2.75. The molecule has 5 rings (SSSR count). The Morgan fingerprint density at radius 1 is 0.594 bits per heavy atom. The zero-order valence-electron chi connectivity index (χ0n) is 22.5. The quantitative estimate of drug-likeness (QED) is 0.409. The molecule has 5 fully saturated rings. The minimum Gasteiger partial charge on any atom is -0.393 e. The molecule has 5 saturated carbocycles. The van der Waals surface area contributed by atoms with Crippen LogP contribution in [-0.4, -0.2) is 21.9 Å². The summed E-state index contributed by atoms with van der Waals surface area (Å²) in [5.74, 6) is 1.76. The largest absolute Gasteiger partial charge is 0.393 e. The third-order valence-corrected chi connectivity index (χ3v) is 13.7. The van der Waals surface area contributed by atoms with Gasteiger partial charge in [-0.25, -0.2) is 0 Å². The monoisotopic (exact) mass is 444 g/mol. The van der Waals surface area contributed by atoms with Gasteiger partial charge < -0.3 is 10.2 Å². The molecule has 0 aromatic heterocycles. The van der Waals surface area contributed by atoms with E-state index in [1.54, 1.807) is 0 Å². The van der Waals surface area contributed by atoms with Crippen molar-refractivity contribution in [2.45, 2.75) is 138 Å².